The fraction of sp³-hybridized carbons (Fsp3) is 0.125. The minimum Gasteiger partial charge on any atom is -0.497 e. The third-order valence-corrected chi connectivity index (χ3v) is 6.02. The van der Waals surface area contributed by atoms with Crippen molar-refractivity contribution < 1.29 is 28.4 Å². The summed E-state index contributed by atoms with van der Waals surface area (Å²) < 4.78 is 18.7. The second kappa shape index (κ2) is 7.77. The van der Waals surface area contributed by atoms with Crippen molar-refractivity contribution in [1.29, 1.82) is 0 Å². The fourth-order valence-corrected chi connectivity index (χ4v) is 4.36. The zero-order chi connectivity index (χ0) is 24.1. The average Bonchev–Trinajstić information content (AvgIpc) is 3.08. The lowest BCUT2D eigenvalue weighted by Crippen LogP contribution is -2.67. The maximum atomic E-state index is 13.6. The number of imide groups is 1. The van der Waals surface area contributed by atoms with Crippen molar-refractivity contribution >= 4 is 29.1 Å². The largest absolute Gasteiger partial charge is 0.497 e. The van der Waals surface area contributed by atoms with E-state index < -0.39 is 40.5 Å². The summed E-state index contributed by atoms with van der Waals surface area (Å²) in [5, 5.41) is 11.1. The third kappa shape index (κ3) is 3.11. The summed E-state index contributed by atoms with van der Waals surface area (Å²) in [6.45, 7) is 0. The number of fused-ring (bicyclic) bond motifs is 1. The number of rotatable bonds is 5. The number of carbonyl (C=O) groups is 3. The molecule has 3 aromatic rings. The van der Waals surface area contributed by atoms with Gasteiger partial charge in [-0.25, -0.2) is 4.39 Å². The van der Waals surface area contributed by atoms with Gasteiger partial charge in [-0.1, -0.05) is 12.1 Å². The Labute approximate surface area is 192 Å². The van der Waals surface area contributed by atoms with E-state index in [2.05, 4.69) is 0 Å². The number of non-ortho nitro benzene ring substituents is 1. The normalized spacial score (nSPS) is 19.2. The molecule has 0 N–H and O–H groups in total. The summed E-state index contributed by atoms with van der Waals surface area (Å²) >= 11 is 0. The molecule has 3 amide bonds. The summed E-state index contributed by atoms with van der Waals surface area (Å²) in [5.74, 6) is -1.91. The third-order valence-electron chi connectivity index (χ3n) is 6.02. The Morgan fingerprint density at radius 1 is 0.853 bits per heavy atom. The lowest BCUT2D eigenvalue weighted by atomic mass is 9.86. The summed E-state index contributed by atoms with van der Waals surface area (Å²) in [4.78, 5) is 52.3. The second-order valence-corrected chi connectivity index (χ2v) is 7.81. The summed E-state index contributed by atoms with van der Waals surface area (Å²) in [7, 11) is 1.51. The van der Waals surface area contributed by atoms with Crippen LogP contribution in [0, 0.1) is 15.9 Å². The van der Waals surface area contributed by atoms with Gasteiger partial charge in [0, 0.05) is 17.8 Å². The smallest absolute Gasteiger partial charge is 0.270 e. The molecule has 10 heteroatoms. The highest BCUT2D eigenvalue weighted by Crippen LogP contribution is 2.44. The maximum Gasteiger partial charge on any atom is 0.270 e. The molecule has 0 spiro atoms. The van der Waals surface area contributed by atoms with Crippen molar-refractivity contribution in [3.05, 3.63) is 99.4 Å². The van der Waals surface area contributed by atoms with E-state index in [0.717, 1.165) is 17.0 Å². The van der Waals surface area contributed by atoms with Crippen molar-refractivity contribution in [2.45, 2.75) is 12.1 Å². The lowest BCUT2D eigenvalue weighted by Gasteiger charge is -2.49. The van der Waals surface area contributed by atoms with Gasteiger partial charge in [0.05, 0.1) is 29.2 Å². The lowest BCUT2D eigenvalue weighted by molar-refractivity contribution is -0.384. The van der Waals surface area contributed by atoms with Crippen LogP contribution in [0.1, 0.15) is 32.3 Å². The van der Waals surface area contributed by atoms with Crippen LogP contribution in [0.3, 0.4) is 0 Å². The van der Waals surface area contributed by atoms with Crippen LogP contribution in [0.4, 0.5) is 15.8 Å². The van der Waals surface area contributed by atoms with Crippen LogP contribution in [0.5, 0.6) is 5.75 Å². The van der Waals surface area contributed by atoms with E-state index in [-0.39, 0.29) is 16.8 Å². The van der Waals surface area contributed by atoms with E-state index in [1.54, 1.807) is 24.3 Å². The Morgan fingerprint density at radius 2 is 1.50 bits per heavy atom. The van der Waals surface area contributed by atoms with Crippen LogP contribution in [-0.4, -0.2) is 40.7 Å². The molecular weight excluding hydrogens is 445 g/mol. The van der Waals surface area contributed by atoms with E-state index in [9.17, 15) is 28.9 Å². The van der Waals surface area contributed by atoms with E-state index >= 15 is 0 Å². The summed E-state index contributed by atoms with van der Waals surface area (Å²) in [6.07, 6.45) is 0. The number of hydrogen-bond acceptors (Lipinski definition) is 6. The number of halogens is 1. The van der Waals surface area contributed by atoms with Gasteiger partial charge >= 0.3 is 0 Å². The predicted octanol–water partition coefficient (Wildman–Crippen LogP) is 3.50. The van der Waals surface area contributed by atoms with Crippen LogP contribution in [0.2, 0.25) is 0 Å². The number of amides is 3. The van der Waals surface area contributed by atoms with Crippen LogP contribution < -0.4 is 9.64 Å². The molecule has 0 bridgehead atoms. The van der Waals surface area contributed by atoms with Crippen LogP contribution >= 0.6 is 0 Å². The zero-order valence-electron chi connectivity index (χ0n) is 17.7. The number of nitro groups is 1. The van der Waals surface area contributed by atoms with Crippen molar-refractivity contribution in [1.82, 2.24) is 4.90 Å². The molecule has 34 heavy (non-hydrogen) atoms. The van der Waals surface area contributed by atoms with Crippen LogP contribution in [-0.2, 0) is 4.79 Å². The number of carbonyl (C=O) groups excluding carboxylic acids is 3. The molecule has 0 saturated carbocycles. The summed E-state index contributed by atoms with van der Waals surface area (Å²) in [5.41, 5.74) is 0.543. The monoisotopic (exact) mass is 461 g/mol. The Kier molecular flexibility index (Phi) is 4.85. The minimum atomic E-state index is -1.20. The highest BCUT2D eigenvalue weighted by atomic mass is 19.1. The molecule has 0 aromatic heterocycles. The Balaban J connectivity index is 1.56. The van der Waals surface area contributed by atoms with Gasteiger partial charge in [-0.3, -0.25) is 29.4 Å². The van der Waals surface area contributed by atoms with Crippen molar-refractivity contribution in [2.75, 3.05) is 12.0 Å². The van der Waals surface area contributed by atoms with E-state index in [0.29, 0.717) is 17.0 Å². The average molecular weight is 461 g/mol. The van der Waals surface area contributed by atoms with Gasteiger partial charge in [0.15, 0.2) is 0 Å². The number of nitrogens with zero attached hydrogens (tertiary/aromatic N) is 3. The molecule has 1 saturated heterocycles. The van der Waals surface area contributed by atoms with Crippen LogP contribution in [0.25, 0.3) is 0 Å². The van der Waals surface area contributed by atoms with Gasteiger partial charge in [-0.2, -0.15) is 0 Å². The Hall–Kier alpha value is -4.60. The molecule has 0 radical (unpaired) electrons. The van der Waals surface area contributed by atoms with Gasteiger partial charge in [0.25, 0.3) is 23.4 Å². The van der Waals surface area contributed by atoms with Gasteiger partial charge < -0.3 is 9.64 Å². The molecule has 5 rings (SSSR count). The van der Waals surface area contributed by atoms with Gasteiger partial charge in [0.2, 0.25) is 0 Å². The molecule has 170 valence electrons. The summed E-state index contributed by atoms with van der Waals surface area (Å²) in [6, 6.07) is 13.5. The first-order chi connectivity index (χ1) is 16.3. The second-order valence-electron chi connectivity index (χ2n) is 7.81. The molecule has 2 atom stereocenters. The van der Waals surface area contributed by atoms with E-state index in [1.165, 1.54) is 42.3 Å². The number of methoxy groups -OCH3 is 1. The molecule has 2 heterocycles. The first-order valence-electron chi connectivity index (χ1n) is 10.2. The van der Waals surface area contributed by atoms with Crippen molar-refractivity contribution in [3.8, 4) is 5.75 Å². The van der Waals surface area contributed by atoms with Gasteiger partial charge in [-0.05, 0) is 48.0 Å². The SMILES string of the molecule is COc1ccc(N2C(=O)C(N3C(=O)c4ccc([N+](=O)[O-])cc4C3=O)C2c2ccc(F)cc2)cc1. The number of anilines is 1. The molecule has 2 aliphatic rings. The van der Waals surface area contributed by atoms with Crippen molar-refractivity contribution in [2.24, 2.45) is 0 Å². The number of β-lactam (4-membered cyclic amide) rings is 1. The zero-order valence-corrected chi connectivity index (χ0v) is 17.7. The van der Waals surface area contributed by atoms with Gasteiger partial charge in [-0.15, -0.1) is 0 Å². The number of benzene rings is 3. The van der Waals surface area contributed by atoms with Crippen molar-refractivity contribution in [3.63, 3.8) is 0 Å². The van der Waals surface area contributed by atoms with E-state index in [1.807, 2.05) is 0 Å². The van der Waals surface area contributed by atoms with E-state index in [4.69, 9.17) is 4.74 Å². The predicted molar refractivity (Wildman–Crippen MR) is 117 cm³/mol. The molecule has 0 aliphatic carbocycles. The Morgan fingerprint density at radius 3 is 2.12 bits per heavy atom. The quantitative estimate of drug-likeness (QED) is 0.249. The fourth-order valence-electron chi connectivity index (χ4n) is 4.36. The molecule has 9 nitrogen and oxygen atoms in total. The van der Waals surface area contributed by atoms with Crippen LogP contribution in [0.15, 0.2) is 66.7 Å². The first-order valence-corrected chi connectivity index (χ1v) is 10.2. The minimum absolute atomic E-state index is 0.0100. The number of nitro benzene ring substituents is 1. The molecule has 2 unspecified atom stereocenters. The first kappa shape index (κ1) is 21.3. The molecular formula is C24H16FN3O6. The highest BCUT2D eigenvalue weighted by Gasteiger charge is 2.57. The molecule has 2 aliphatic heterocycles. The maximum absolute atomic E-state index is 13.6. The topological polar surface area (TPSA) is 110 Å². The molecule has 1 fully saturated rings. The Bertz CT molecular complexity index is 1360. The van der Waals surface area contributed by atoms with Gasteiger partial charge in [0.1, 0.15) is 17.6 Å². The number of ether oxygens (including phenoxy) is 1. The highest BCUT2D eigenvalue weighted by molar-refractivity contribution is 6.25. The number of hydrogen-bond donors (Lipinski definition) is 0. The molecule has 3 aromatic carbocycles. The standard InChI is InChI=1S/C24H16FN3O6/c1-34-17-9-6-15(7-10-17)26-20(13-2-4-14(25)5-3-13)21(24(26)31)27-22(29)18-11-8-16(28(32)33)12-19(18)23(27)30/h2-12,20-21H,1H3.